The number of hydrogen-bond donors (Lipinski definition) is 2. The zero-order chi connectivity index (χ0) is 19.9. The molecule has 2 heterocycles. The summed E-state index contributed by atoms with van der Waals surface area (Å²) in [6.07, 6.45) is 0.940. The minimum absolute atomic E-state index is 0.0740. The molecule has 3 aromatic rings. The maximum absolute atomic E-state index is 12.4. The number of nitrogens with zero attached hydrogens (tertiary/aromatic N) is 1. The van der Waals surface area contributed by atoms with E-state index in [-0.39, 0.29) is 24.3 Å². The summed E-state index contributed by atoms with van der Waals surface area (Å²) in [4.78, 5) is 29.5. The zero-order valence-corrected chi connectivity index (χ0v) is 17.2. The van der Waals surface area contributed by atoms with Crippen LogP contribution < -0.4 is 15.4 Å². The molecule has 1 atom stereocenters. The smallest absolute Gasteiger partial charge is 0.267 e. The number of thiazole rings is 1. The highest BCUT2D eigenvalue weighted by Gasteiger charge is 2.15. The van der Waals surface area contributed by atoms with Gasteiger partial charge in [0.25, 0.3) is 5.91 Å². The van der Waals surface area contributed by atoms with Crippen molar-refractivity contribution in [2.45, 2.75) is 25.8 Å². The van der Waals surface area contributed by atoms with Crippen molar-refractivity contribution in [3.8, 4) is 5.75 Å². The predicted octanol–water partition coefficient (Wildman–Crippen LogP) is 4.28. The first-order valence-electron chi connectivity index (χ1n) is 8.81. The van der Waals surface area contributed by atoms with E-state index in [2.05, 4.69) is 15.6 Å². The summed E-state index contributed by atoms with van der Waals surface area (Å²) in [5.41, 5.74) is 1.66. The van der Waals surface area contributed by atoms with Crippen LogP contribution >= 0.6 is 22.7 Å². The number of methoxy groups -OCH3 is 1. The van der Waals surface area contributed by atoms with E-state index in [9.17, 15) is 9.59 Å². The highest BCUT2D eigenvalue weighted by molar-refractivity contribution is 7.14. The average molecular weight is 416 g/mol. The normalized spacial score (nSPS) is 11.6. The molecule has 0 aliphatic rings. The number of thiophene rings is 1. The van der Waals surface area contributed by atoms with Gasteiger partial charge in [-0.1, -0.05) is 25.1 Å². The van der Waals surface area contributed by atoms with Crippen LogP contribution in [0.3, 0.4) is 0 Å². The van der Waals surface area contributed by atoms with Crippen LogP contribution in [-0.4, -0.2) is 23.9 Å². The second-order valence-corrected chi connectivity index (χ2v) is 7.86. The highest BCUT2D eigenvalue weighted by atomic mass is 32.1. The number of nitrogens with one attached hydrogen (secondary N) is 2. The van der Waals surface area contributed by atoms with E-state index in [0.29, 0.717) is 15.7 Å². The summed E-state index contributed by atoms with van der Waals surface area (Å²) in [7, 11) is 1.62. The van der Waals surface area contributed by atoms with Crippen molar-refractivity contribution in [1.82, 2.24) is 10.3 Å². The summed E-state index contributed by atoms with van der Waals surface area (Å²) < 4.78 is 5.17. The van der Waals surface area contributed by atoms with Crippen LogP contribution in [0.25, 0.3) is 0 Å². The van der Waals surface area contributed by atoms with Gasteiger partial charge in [-0.25, -0.2) is 4.98 Å². The van der Waals surface area contributed by atoms with Gasteiger partial charge in [0.05, 0.1) is 30.1 Å². The molecule has 2 aromatic heterocycles. The van der Waals surface area contributed by atoms with Crippen molar-refractivity contribution < 1.29 is 14.3 Å². The molecule has 146 valence electrons. The van der Waals surface area contributed by atoms with Gasteiger partial charge in [-0.3, -0.25) is 14.9 Å². The third kappa shape index (κ3) is 5.17. The number of aromatic nitrogens is 1. The van der Waals surface area contributed by atoms with Crippen molar-refractivity contribution in [3.63, 3.8) is 0 Å². The van der Waals surface area contributed by atoms with E-state index in [1.807, 2.05) is 42.6 Å². The van der Waals surface area contributed by atoms with Gasteiger partial charge in [0.15, 0.2) is 5.13 Å². The predicted molar refractivity (Wildman–Crippen MR) is 112 cm³/mol. The molecule has 0 saturated carbocycles. The Morgan fingerprint density at radius 3 is 2.61 bits per heavy atom. The molecule has 0 radical (unpaired) electrons. The Hall–Kier alpha value is -2.71. The number of carbonyl (C=O) groups is 2. The second kappa shape index (κ2) is 9.48. The standard InChI is InChI=1S/C20H21N3O3S2/c1-3-16(13-6-8-15(26-2)9-7-13)22-18(24)11-14-12-28-20(21-14)23-19(25)17-5-4-10-27-17/h4-10,12,16H,3,11H2,1-2H3,(H,22,24)(H,21,23,25). The fourth-order valence-corrected chi connectivity index (χ4v) is 4.00. The number of rotatable bonds is 8. The molecule has 0 bridgehead atoms. The number of hydrogen-bond acceptors (Lipinski definition) is 6. The fraction of sp³-hybridized carbons (Fsp3) is 0.250. The molecule has 6 nitrogen and oxygen atoms in total. The minimum Gasteiger partial charge on any atom is -0.497 e. The Morgan fingerprint density at radius 2 is 1.96 bits per heavy atom. The number of amides is 2. The first-order chi connectivity index (χ1) is 13.6. The first kappa shape index (κ1) is 20.0. The lowest BCUT2D eigenvalue weighted by atomic mass is 10.0. The topological polar surface area (TPSA) is 80.3 Å². The fourth-order valence-electron chi connectivity index (χ4n) is 2.68. The molecule has 0 aliphatic carbocycles. The van der Waals surface area contributed by atoms with Gasteiger partial charge in [0.2, 0.25) is 5.91 Å². The molecule has 1 unspecified atom stereocenters. The molecule has 3 rings (SSSR count). The third-order valence-electron chi connectivity index (χ3n) is 4.12. The lowest BCUT2D eigenvalue weighted by Gasteiger charge is -2.17. The summed E-state index contributed by atoms with van der Waals surface area (Å²) in [6, 6.07) is 11.2. The van der Waals surface area contributed by atoms with Crippen LogP contribution in [0.2, 0.25) is 0 Å². The Bertz CT molecular complexity index is 921. The highest BCUT2D eigenvalue weighted by Crippen LogP contribution is 2.21. The summed E-state index contributed by atoms with van der Waals surface area (Å²) in [5, 5.41) is 9.93. The molecule has 1 aromatic carbocycles. The average Bonchev–Trinajstić information content (AvgIpc) is 3.38. The summed E-state index contributed by atoms with van der Waals surface area (Å²) in [5.74, 6) is 0.486. The molecule has 0 aliphatic heterocycles. The van der Waals surface area contributed by atoms with Crippen molar-refractivity contribution in [3.05, 3.63) is 63.3 Å². The SMILES string of the molecule is CCC(NC(=O)Cc1csc(NC(=O)c2cccs2)n1)c1ccc(OC)cc1. The van der Waals surface area contributed by atoms with Gasteiger partial charge >= 0.3 is 0 Å². The van der Waals surface area contributed by atoms with Gasteiger partial charge in [-0.15, -0.1) is 22.7 Å². The van der Waals surface area contributed by atoms with Gasteiger partial charge < -0.3 is 10.1 Å². The van der Waals surface area contributed by atoms with Gasteiger partial charge in [0, 0.05) is 5.38 Å². The lowest BCUT2D eigenvalue weighted by Crippen LogP contribution is -2.29. The largest absolute Gasteiger partial charge is 0.497 e. The van der Waals surface area contributed by atoms with Crippen molar-refractivity contribution >= 4 is 39.6 Å². The number of benzene rings is 1. The minimum atomic E-state index is -0.189. The monoisotopic (exact) mass is 415 g/mol. The molecule has 2 N–H and O–H groups in total. The maximum Gasteiger partial charge on any atom is 0.267 e. The molecule has 0 spiro atoms. The second-order valence-electron chi connectivity index (χ2n) is 6.05. The Kier molecular flexibility index (Phi) is 6.78. The Morgan fingerprint density at radius 1 is 1.18 bits per heavy atom. The first-order valence-corrected chi connectivity index (χ1v) is 10.6. The summed E-state index contributed by atoms with van der Waals surface area (Å²) in [6.45, 7) is 2.02. The van der Waals surface area contributed by atoms with Gasteiger partial charge in [-0.05, 0) is 35.6 Å². The Labute approximate surface area is 171 Å². The van der Waals surface area contributed by atoms with Gasteiger partial charge in [0.1, 0.15) is 5.75 Å². The van der Waals surface area contributed by atoms with E-state index < -0.39 is 0 Å². The van der Waals surface area contributed by atoms with Crippen LogP contribution in [0.5, 0.6) is 5.75 Å². The number of anilines is 1. The Balaban J connectivity index is 1.56. The quantitative estimate of drug-likeness (QED) is 0.576. The van der Waals surface area contributed by atoms with Crippen LogP contribution in [0.15, 0.2) is 47.2 Å². The zero-order valence-electron chi connectivity index (χ0n) is 15.6. The van der Waals surface area contributed by atoms with E-state index in [1.54, 1.807) is 18.6 Å². The third-order valence-corrected chi connectivity index (χ3v) is 5.80. The van der Waals surface area contributed by atoms with Crippen molar-refractivity contribution in [1.29, 1.82) is 0 Å². The molecular formula is C20H21N3O3S2. The van der Waals surface area contributed by atoms with Crippen LogP contribution in [0.4, 0.5) is 5.13 Å². The van der Waals surface area contributed by atoms with Crippen LogP contribution in [0.1, 0.15) is 40.3 Å². The molecule has 2 amide bonds. The van der Waals surface area contributed by atoms with E-state index in [1.165, 1.54) is 22.7 Å². The van der Waals surface area contributed by atoms with Crippen molar-refractivity contribution in [2.75, 3.05) is 12.4 Å². The van der Waals surface area contributed by atoms with E-state index >= 15 is 0 Å². The van der Waals surface area contributed by atoms with E-state index in [4.69, 9.17) is 4.74 Å². The molecule has 0 saturated heterocycles. The number of carbonyl (C=O) groups excluding carboxylic acids is 2. The number of ether oxygens (including phenoxy) is 1. The van der Waals surface area contributed by atoms with Crippen molar-refractivity contribution in [2.24, 2.45) is 0 Å². The molecule has 8 heteroatoms. The van der Waals surface area contributed by atoms with E-state index in [0.717, 1.165) is 17.7 Å². The maximum atomic E-state index is 12.4. The molecule has 28 heavy (non-hydrogen) atoms. The van der Waals surface area contributed by atoms with Gasteiger partial charge in [-0.2, -0.15) is 0 Å². The molecular weight excluding hydrogens is 394 g/mol. The summed E-state index contributed by atoms with van der Waals surface area (Å²) >= 11 is 2.68. The van der Waals surface area contributed by atoms with Crippen LogP contribution in [-0.2, 0) is 11.2 Å². The molecule has 0 fully saturated rings. The van der Waals surface area contributed by atoms with Crippen LogP contribution in [0, 0.1) is 0 Å². The lowest BCUT2D eigenvalue weighted by molar-refractivity contribution is -0.121.